The SMILES string of the molecule is CCc1nc(NN)cc(NC(CC(C)C)C(=O)OC)n1. The highest BCUT2D eigenvalue weighted by Crippen LogP contribution is 2.15. The van der Waals surface area contributed by atoms with Crippen molar-refractivity contribution in [3.8, 4) is 0 Å². The molecule has 0 amide bonds. The van der Waals surface area contributed by atoms with E-state index in [0.717, 1.165) is 0 Å². The number of hydrazine groups is 1. The van der Waals surface area contributed by atoms with Gasteiger partial charge in [-0.2, -0.15) is 0 Å². The van der Waals surface area contributed by atoms with Gasteiger partial charge in [0.05, 0.1) is 7.11 Å². The number of methoxy groups -OCH3 is 1. The minimum Gasteiger partial charge on any atom is -0.467 e. The summed E-state index contributed by atoms with van der Waals surface area (Å²) < 4.78 is 4.81. The van der Waals surface area contributed by atoms with Crippen LogP contribution in [0.5, 0.6) is 0 Å². The van der Waals surface area contributed by atoms with Crippen molar-refractivity contribution in [2.75, 3.05) is 17.9 Å². The Balaban J connectivity index is 2.94. The Kier molecular flexibility index (Phi) is 6.17. The van der Waals surface area contributed by atoms with Gasteiger partial charge in [-0.3, -0.25) is 0 Å². The lowest BCUT2D eigenvalue weighted by Gasteiger charge is -2.19. The maximum absolute atomic E-state index is 11.8. The van der Waals surface area contributed by atoms with Crippen LogP contribution in [0.1, 0.15) is 33.0 Å². The molecule has 0 aliphatic carbocycles. The summed E-state index contributed by atoms with van der Waals surface area (Å²) in [5.74, 6) is 7.14. The van der Waals surface area contributed by atoms with Gasteiger partial charge >= 0.3 is 5.97 Å². The van der Waals surface area contributed by atoms with Crippen molar-refractivity contribution >= 4 is 17.6 Å². The molecular formula is C13H23N5O2. The molecule has 0 aliphatic rings. The standard InChI is InChI=1S/C13H23N5O2/c1-5-10-16-11(7-12(17-10)18-14)15-9(6-8(2)3)13(19)20-4/h7-9H,5-6,14H2,1-4H3,(H2,15,16,17,18). The largest absolute Gasteiger partial charge is 0.467 e. The van der Waals surface area contributed by atoms with Gasteiger partial charge in [0.2, 0.25) is 0 Å². The number of nitrogens with two attached hydrogens (primary N) is 1. The third kappa shape index (κ3) is 4.65. The molecule has 1 heterocycles. The number of carbonyl (C=O) groups excluding carboxylic acids is 1. The van der Waals surface area contributed by atoms with E-state index in [-0.39, 0.29) is 5.97 Å². The molecule has 0 fully saturated rings. The van der Waals surface area contributed by atoms with Crippen molar-refractivity contribution in [2.24, 2.45) is 11.8 Å². The summed E-state index contributed by atoms with van der Waals surface area (Å²) in [7, 11) is 1.38. The zero-order valence-corrected chi connectivity index (χ0v) is 12.4. The molecule has 4 N–H and O–H groups in total. The lowest BCUT2D eigenvalue weighted by atomic mass is 10.0. The third-order valence-corrected chi connectivity index (χ3v) is 2.75. The number of ether oxygens (including phenoxy) is 1. The minimum absolute atomic E-state index is 0.308. The van der Waals surface area contributed by atoms with E-state index in [1.807, 2.05) is 20.8 Å². The Bertz CT molecular complexity index is 428. The molecule has 1 atom stereocenters. The summed E-state index contributed by atoms with van der Waals surface area (Å²) in [6.07, 6.45) is 1.33. The molecule has 0 spiro atoms. The van der Waals surface area contributed by atoms with Gasteiger partial charge < -0.3 is 15.5 Å². The fraction of sp³-hybridized carbons (Fsp3) is 0.615. The summed E-state index contributed by atoms with van der Waals surface area (Å²) in [5, 5.41) is 3.09. The van der Waals surface area contributed by atoms with E-state index in [2.05, 4.69) is 20.7 Å². The van der Waals surface area contributed by atoms with Crippen molar-refractivity contribution < 1.29 is 9.53 Å². The molecule has 1 aromatic rings. The van der Waals surface area contributed by atoms with Gasteiger partial charge in [-0.1, -0.05) is 20.8 Å². The zero-order chi connectivity index (χ0) is 15.1. The minimum atomic E-state index is -0.440. The molecule has 112 valence electrons. The van der Waals surface area contributed by atoms with Gasteiger partial charge in [0, 0.05) is 12.5 Å². The maximum Gasteiger partial charge on any atom is 0.328 e. The monoisotopic (exact) mass is 281 g/mol. The molecule has 7 nitrogen and oxygen atoms in total. The molecule has 1 rings (SSSR count). The van der Waals surface area contributed by atoms with Crippen LogP contribution in [0.3, 0.4) is 0 Å². The molecule has 20 heavy (non-hydrogen) atoms. The fourth-order valence-corrected chi connectivity index (χ4v) is 1.81. The molecule has 0 aliphatic heterocycles. The molecular weight excluding hydrogens is 258 g/mol. The average Bonchev–Trinajstić information content (AvgIpc) is 2.44. The van der Waals surface area contributed by atoms with Crippen LogP contribution in [0, 0.1) is 5.92 Å². The second-order valence-electron chi connectivity index (χ2n) is 4.90. The van der Waals surface area contributed by atoms with Gasteiger partial charge in [0.25, 0.3) is 0 Å². The molecule has 0 radical (unpaired) electrons. The van der Waals surface area contributed by atoms with Crippen molar-refractivity contribution in [3.63, 3.8) is 0 Å². The first kappa shape index (κ1) is 16.2. The van der Waals surface area contributed by atoms with Gasteiger partial charge in [-0.25, -0.2) is 20.6 Å². The normalized spacial score (nSPS) is 12.1. The van der Waals surface area contributed by atoms with Crippen molar-refractivity contribution in [1.82, 2.24) is 9.97 Å². The van der Waals surface area contributed by atoms with Crippen LogP contribution in [-0.2, 0) is 16.0 Å². The van der Waals surface area contributed by atoms with Crippen LogP contribution in [0.4, 0.5) is 11.6 Å². The zero-order valence-electron chi connectivity index (χ0n) is 12.4. The lowest BCUT2D eigenvalue weighted by molar-refractivity contribution is -0.141. The number of carbonyl (C=O) groups is 1. The number of esters is 1. The summed E-state index contributed by atoms with van der Waals surface area (Å²) in [5.41, 5.74) is 2.49. The van der Waals surface area contributed by atoms with E-state index in [1.54, 1.807) is 6.07 Å². The highest BCUT2D eigenvalue weighted by atomic mass is 16.5. The number of anilines is 2. The molecule has 0 bridgehead atoms. The molecule has 0 saturated carbocycles. The number of nitrogens with zero attached hydrogens (tertiary/aromatic N) is 2. The third-order valence-electron chi connectivity index (χ3n) is 2.75. The second kappa shape index (κ2) is 7.64. The predicted molar refractivity (Wildman–Crippen MR) is 78.1 cm³/mol. The summed E-state index contributed by atoms with van der Waals surface area (Å²) >= 11 is 0. The number of rotatable bonds is 7. The van der Waals surface area contributed by atoms with E-state index in [9.17, 15) is 4.79 Å². The van der Waals surface area contributed by atoms with Gasteiger partial charge in [-0.15, -0.1) is 0 Å². The first-order valence-corrected chi connectivity index (χ1v) is 6.69. The van der Waals surface area contributed by atoms with E-state index in [1.165, 1.54) is 7.11 Å². The summed E-state index contributed by atoms with van der Waals surface area (Å²) in [6.45, 7) is 6.04. The second-order valence-corrected chi connectivity index (χ2v) is 4.90. The van der Waals surface area contributed by atoms with Crippen LogP contribution in [-0.4, -0.2) is 29.1 Å². The first-order chi connectivity index (χ1) is 9.49. The Hall–Kier alpha value is -1.89. The van der Waals surface area contributed by atoms with E-state index in [4.69, 9.17) is 10.6 Å². The highest BCUT2D eigenvalue weighted by molar-refractivity contribution is 5.78. The Morgan fingerprint density at radius 3 is 2.55 bits per heavy atom. The molecule has 0 saturated heterocycles. The maximum atomic E-state index is 11.8. The number of aryl methyl sites for hydroxylation is 1. The van der Waals surface area contributed by atoms with E-state index >= 15 is 0 Å². The molecule has 1 unspecified atom stereocenters. The Morgan fingerprint density at radius 2 is 2.05 bits per heavy atom. The van der Waals surface area contributed by atoms with Gasteiger partial charge in [-0.05, 0) is 12.3 Å². The van der Waals surface area contributed by atoms with E-state index in [0.29, 0.717) is 36.2 Å². The first-order valence-electron chi connectivity index (χ1n) is 6.69. The number of hydrogen-bond acceptors (Lipinski definition) is 7. The summed E-state index contributed by atoms with van der Waals surface area (Å²) in [6, 6.07) is 1.22. The fourth-order valence-electron chi connectivity index (χ4n) is 1.81. The van der Waals surface area contributed by atoms with Crippen LogP contribution in [0.2, 0.25) is 0 Å². The number of hydrogen-bond donors (Lipinski definition) is 3. The van der Waals surface area contributed by atoms with Crippen molar-refractivity contribution in [1.29, 1.82) is 0 Å². The predicted octanol–water partition coefficient (Wildman–Crippen LogP) is 1.32. The Morgan fingerprint density at radius 1 is 1.40 bits per heavy atom. The van der Waals surface area contributed by atoms with E-state index < -0.39 is 6.04 Å². The number of nitrogen functional groups attached to an aromatic ring is 1. The van der Waals surface area contributed by atoms with Crippen LogP contribution >= 0.6 is 0 Å². The van der Waals surface area contributed by atoms with Gasteiger partial charge in [0.15, 0.2) is 0 Å². The molecule has 1 aromatic heterocycles. The van der Waals surface area contributed by atoms with Crippen LogP contribution < -0.4 is 16.6 Å². The molecule has 7 heteroatoms. The molecule has 0 aromatic carbocycles. The van der Waals surface area contributed by atoms with Gasteiger partial charge in [0.1, 0.15) is 23.5 Å². The highest BCUT2D eigenvalue weighted by Gasteiger charge is 2.21. The smallest absolute Gasteiger partial charge is 0.328 e. The lowest BCUT2D eigenvalue weighted by Crippen LogP contribution is -2.32. The number of aromatic nitrogens is 2. The van der Waals surface area contributed by atoms with Crippen LogP contribution in [0.15, 0.2) is 6.07 Å². The Labute approximate surface area is 119 Å². The van der Waals surface area contributed by atoms with Crippen molar-refractivity contribution in [2.45, 2.75) is 39.7 Å². The topological polar surface area (TPSA) is 102 Å². The quantitative estimate of drug-likeness (QED) is 0.393. The number of nitrogens with one attached hydrogen (secondary N) is 2. The average molecular weight is 281 g/mol. The summed E-state index contributed by atoms with van der Waals surface area (Å²) in [4.78, 5) is 20.3. The van der Waals surface area contributed by atoms with Crippen LogP contribution in [0.25, 0.3) is 0 Å². The van der Waals surface area contributed by atoms with Crippen molar-refractivity contribution in [3.05, 3.63) is 11.9 Å².